The average molecular weight is 326 g/mol. The summed E-state index contributed by atoms with van der Waals surface area (Å²) in [6, 6.07) is 4.45. The number of halogens is 1. The van der Waals surface area contributed by atoms with E-state index in [-0.39, 0.29) is 17.0 Å². The number of fused-ring (bicyclic) bond motifs is 1. The van der Waals surface area contributed by atoms with Gasteiger partial charge in [0.05, 0.1) is 29.6 Å². The van der Waals surface area contributed by atoms with Crippen LogP contribution in [0.4, 0.5) is 10.1 Å². The molecule has 1 aromatic carbocycles. The third kappa shape index (κ3) is 2.77. The standard InChI is InChI=1S/C18H15FN2O3/c1-10(22)3-4-11-13(19)5-6-14-17(11)12(18(23)21-14)9-15-16(24-2)7-8-20-15/h5-10,20,22H,1-2H3,(H,21,23)/b12-9-. The van der Waals surface area contributed by atoms with Crippen molar-refractivity contribution in [2.75, 3.05) is 12.4 Å². The summed E-state index contributed by atoms with van der Waals surface area (Å²) in [5, 5.41) is 12.0. The molecule has 1 aliphatic rings. The summed E-state index contributed by atoms with van der Waals surface area (Å²) >= 11 is 0. The lowest BCUT2D eigenvalue weighted by molar-refractivity contribution is -0.110. The molecule has 1 atom stereocenters. The van der Waals surface area contributed by atoms with E-state index >= 15 is 0 Å². The highest BCUT2D eigenvalue weighted by molar-refractivity contribution is 6.35. The largest absolute Gasteiger partial charge is 0.495 e. The number of aromatic amines is 1. The van der Waals surface area contributed by atoms with Crippen LogP contribution in [0.2, 0.25) is 0 Å². The van der Waals surface area contributed by atoms with Gasteiger partial charge in [-0.1, -0.05) is 11.8 Å². The molecule has 1 aliphatic heterocycles. The maximum Gasteiger partial charge on any atom is 0.256 e. The van der Waals surface area contributed by atoms with E-state index in [2.05, 4.69) is 22.1 Å². The van der Waals surface area contributed by atoms with Crippen molar-refractivity contribution in [2.45, 2.75) is 13.0 Å². The van der Waals surface area contributed by atoms with Gasteiger partial charge in [0.25, 0.3) is 5.91 Å². The van der Waals surface area contributed by atoms with Crippen LogP contribution in [-0.4, -0.2) is 29.2 Å². The van der Waals surface area contributed by atoms with Crippen molar-refractivity contribution in [3.05, 3.63) is 47.0 Å². The first-order valence-corrected chi connectivity index (χ1v) is 7.28. The zero-order valence-corrected chi connectivity index (χ0v) is 13.1. The summed E-state index contributed by atoms with van der Waals surface area (Å²) in [4.78, 5) is 15.3. The Balaban J connectivity index is 2.19. The highest BCUT2D eigenvalue weighted by Crippen LogP contribution is 2.37. The summed E-state index contributed by atoms with van der Waals surface area (Å²) in [7, 11) is 1.52. The molecule has 1 amide bonds. The van der Waals surface area contributed by atoms with Crippen LogP contribution in [0.3, 0.4) is 0 Å². The first-order chi connectivity index (χ1) is 11.5. The Hall–Kier alpha value is -3.04. The van der Waals surface area contributed by atoms with Gasteiger partial charge < -0.3 is 20.1 Å². The number of benzene rings is 1. The molecule has 1 unspecified atom stereocenters. The van der Waals surface area contributed by atoms with Crippen LogP contribution in [0.1, 0.15) is 23.7 Å². The monoisotopic (exact) mass is 326 g/mol. The summed E-state index contributed by atoms with van der Waals surface area (Å²) in [6.07, 6.45) is 2.37. The minimum atomic E-state index is -0.902. The molecule has 5 nitrogen and oxygen atoms in total. The van der Waals surface area contributed by atoms with Crippen LogP contribution in [0.5, 0.6) is 5.75 Å². The summed E-state index contributed by atoms with van der Waals surface area (Å²) < 4.78 is 19.4. The number of carbonyl (C=O) groups excluding carboxylic acids is 1. The number of hydrogen-bond donors (Lipinski definition) is 3. The third-order valence-electron chi connectivity index (χ3n) is 3.57. The van der Waals surface area contributed by atoms with E-state index < -0.39 is 11.9 Å². The SMILES string of the molecule is COc1cc[nH]c1/C=C1\C(=O)Nc2ccc(F)c(C#CC(C)O)c21. The molecule has 3 N–H and O–H groups in total. The molecule has 0 bridgehead atoms. The average Bonchev–Trinajstić information content (AvgIpc) is 3.11. The fourth-order valence-corrected chi connectivity index (χ4v) is 2.50. The van der Waals surface area contributed by atoms with Crippen molar-refractivity contribution < 1.29 is 19.0 Å². The summed E-state index contributed by atoms with van der Waals surface area (Å²) in [5.74, 6) is 4.80. The Bertz CT molecular complexity index is 901. The minimum Gasteiger partial charge on any atom is -0.495 e. The summed E-state index contributed by atoms with van der Waals surface area (Å²) in [5.41, 5.74) is 1.80. The van der Waals surface area contributed by atoms with Gasteiger partial charge in [0.15, 0.2) is 0 Å². The molecule has 2 aromatic rings. The molecule has 0 saturated heterocycles. The van der Waals surface area contributed by atoms with Crippen LogP contribution >= 0.6 is 0 Å². The minimum absolute atomic E-state index is 0.0727. The second kappa shape index (κ2) is 6.22. The highest BCUT2D eigenvalue weighted by Gasteiger charge is 2.28. The number of carbonyl (C=O) groups is 1. The van der Waals surface area contributed by atoms with Crippen LogP contribution < -0.4 is 10.1 Å². The molecule has 0 fully saturated rings. The van der Waals surface area contributed by atoms with Crippen molar-refractivity contribution in [3.63, 3.8) is 0 Å². The quantitative estimate of drug-likeness (QED) is 0.586. The number of H-pyrrole nitrogens is 1. The molecule has 0 saturated carbocycles. The van der Waals surface area contributed by atoms with Gasteiger partial charge >= 0.3 is 0 Å². The number of amides is 1. The number of anilines is 1. The van der Waals surface area contributed by atoms with Gasteiger partial charge in [0.1, 0.15) is 17.7 Å². The number of aliphatic hydroxyl groups excluding tert-OH is 1. The van der Waals surface area contributed by atoms with E-state index in [1.165, 1.54) is 26.2 Å². The third-order valence-corrected chi connectivity index (χ3v) is 3.57. The normalized spacial score (nSPS) is 15.5. The molecule has 0 radical (unpaired) electrons. The molecule has 0 aliphatic carbocycles. The van der Waals surface area contributed by atoms with Crippen molar-refractivity contribution in [3.8, 4) is 17.6 Å². The van der Waals surface area contributed by atoms with Gasteiger partial charge in [-0.3, -0.25) is 4.79 Å². The lowest BCUT2D eigenvalue weighted by atomic mass is 9.99. The van der Waals surface area contributed by atoms with Gasteiger partial charge in [0.2, 0.25) is 0 Å². The van der Waals surface area contributed by atoms with E-state index in [0.717, 1.165) is 0 Å². The van der Waals surface area contributed by atoms with Gasteiger partial charge in [-0.05, 0) is 31.2 Å². The predicted molar refractivity (Wildman–Crippen MR) is 88.8 cm³/mol. The van der Waals surface area contributed by atoms with Crippen LogP contribution in [-0.2, 0) is 4.79 Å². The number of hydrogen-bond acceptors (Lipinski definition) is 3. The van der Waals surface area contributed by atoms with Crippen LogP contribution in [0.15, 0.2) is 24.4 Å². The molecule has 0 spiro atoms. The zero-order chi connectivity index (χ0) is 17.3. The Morgan fingerprint density at radius 2 is 2.17 bits per heavy atom. The number of aliphatic hydroxyl groups is 1. The first-order valence-electron chi connectivity index (χ1n) is 7.28. The van der Waals surface area contributed by atoms with Gasteiger partial charge in [0, 0.05) is 11.8 Å². The van der Waals surface area contributed by atoms with Crippen molar-refractivity contribution in [2.24, 2.45) is 0 Å². The van der Waals surface area contributed by atoms with Gasteiger partial charge in [-0.25, -0.2) is 4.39 Å². The second-order valence-electron chi connectivity index (χ2n) is 5.26. The first kappa shape index (κ1) is 15.8. The summed E-state index contributed by atoms with van der Waals surface area (Å²) in [6.45, 7) is 1.48. The van der Waals surface area contributed by atoms with Crippen LogP contribution in [0, 0.1) is 17.7 Å². The molecule has 3 rings (SSSR count). The molecular weight excluding hydrogens is 311 g/mol. The number of ether oxygens (including phenoxy) is 1. The van der Waals surface area contributed by atoms with Crippen molar-refractivity contribution in [1.82, 2.24) is 4.98 Å². The van der Waals surface area contributed by atoms with Gasteiger partial charge in [-0.15, -0.1) is 0 Å². The van der Waals surface area contributed by atoms with Crippen molar-refractivity contribution in [1.29, 1.82) is 0 Å². The van der Waals surface area contributed by atoms with E-state index in [0.29, 0.717) is 22.7 Å². The molecule has 1 aromatic heterocycles. The molecule has 24 heavy (non-hydrogen) atoms. The maximum absolute atomic E-state index is 14.2. The number of aromatic nitrogens is 1. The Morgan fingerprint density at radius 3 is 2.88 bits per heavy atom. The van der Waals surface area contributed by atoms with E-state index in [9.17, 15) is 14.3 Å². The Labute approximate surface area is 138 Å². The highest BCUT2D eigenvalue weighted by atomic mass is 19.1. The molecule has 2 heterocycles. The second-order valence-corrected chi connectivity index (χ2v) is 5.26. The van der Waals surface area contributed by atoms with E-state index in [4.69, 9.17) is 4.74 Å². The predicted octanol–water partition coefficient (Wildman–Crippen LogP) is 2.39. The van der Waals surface area contributed by atoms with Gasteiger partial charge in [-0.2, -0.15) is 0 Å². The smallest absolute Gasteiger partial charge is 0.256 e. The fourth-order valence-electron chi connectivity index (χ4n) is 2.50. The molecule has 122 valence electrons. The van der Waals surface area contributed by atoms with E-state index in [1.807, 2.05) is 0 Å². The zero-order valence-electron chi connectivity index (χ0n) is 13.1. The maximum atomic E-state index is 14.2. The fraction of sp³-hybridized carbons (Fsp3) is 0.167. The number of methoxy groups -OCH3 is 1. The number of nitrogens with one attached hydrogen (secondary N) is 2. The van der Waals surface area contributed by atoms with E-state index in [1.54, 1.807) is 18.3 Å². The van der Waals surface area contributed by atoms with Crippen molar-refractivity contribution >= 4 is 23.2 Å². The lowest BCUT2D eigenvalue weighted by Gasteiger charge is -2.05. The molecule has 6 heteroatoms. The Kier molecular flexibility index (Phi) is 4.11. The lowest BCUT2D eigenvalue weighted by Crippen LogP contribution is -2.03. The number of rotatable bonds is 2. The Morgan fingerprint density at radius 1 is 1.38 bits per heavy atom. The van der Waals surface area contributed by atoms with Crippen LogP contribution in [0.25, 0.3) is 11.6 Å². The molecular formula is C18H15FN2O3. The topological polar surface area (TPSA) is 74.4 Å².